The second-order valence-corrected chi connectivity index (χ2v) is 3.71. The molecule has 1 aromatic carbocycles. The lowest BCUT2D eigenvalue weighted by Crippen LogP contribution is -1.99. The monoisotopic (exact) mass is 290 g/mol. The fourth-order valence-corrected chi connectivity index (χ4v) is 1.58. The molecule has 9 heteroatoms. The lowest BCUT2D eigenvalue weighted by atomic mass is 10.2. The molecule has 21 heavy (non-hydrogen) atoms. The van der Waals surface area contributed by atoms with E-state index in [1.807, 2.05) is 6.07 Å². The van der Waals surface area contributed by atoms with E-state index in [1.54, 1.807) is 6.07 Å². The van der Waals surface area contributed by atoms with Crippen LogP contribution in [0.2, 0.25) is 0 Å². The number of halogens is 1. The number of nitriles is 1. The number of aromatic amines is 1. The van der Waals surface area contributed by atoms with Crippen molar-refractivity contribution in [1.82, 2.24) is 20.6 Å². The number of tetrazole rings is 1. The first-order valence-corrected chi connectivity index (χ1v) is 5.72. The second kappa shape index (κ2) is 6.33. The molecule has 8 nitrogen and oxygen atoms in total. The van der Waals surface area contributed by atoms with Crippen molar-refractivity contribution in [2.45, 2.75) is 0 Å². The Morgan fingerprint density at radius 3 is 2.81 bits per heavy atom. The molecule has 0 bridgehead atoms. The van der Waals surface area contributed by atoms with Crippen LogP contribution in [0.25, 0.3) is 5.57 Å². The van der Waals surface area contributed by atoms with Crippen LogP contribution in [0, 0.1) is 17.1 Å². The normalized spacial score (nSPS) is 10.9. The van der Waals surface area contributed by atoms with Gasteiger partial charge in [-0.15, -0.1) is 10.2 Å². The van der Waals surface area contributed by atoms with Gasteiger partial charge in [-0.05, 0) is 17.3 Å². The van der Waals surface area contributed by atoms with Crippen LogP contribution in [0.15, 0.2) is 18.3 Å². The maximum atomic E-state index is 14.0. The number of nitrogens with one attached hydrogen (secondary N) is 2. The zero-order valence-electron chi connectivity index (χ0n) is 11.2. The number of hydrogen-bond acceptors (Lipinski definition) is 7. The SMILES string of the molecule is COc1ccc(NC=C(C#N)c2nn[nH]n2)c(OC)c1F. The second-order valence-electron chi connectivity index (χ2n) is 3.71. The lowest BCUT2D eigenvalue weighted by Gasteiger charge is -2.11. The largest absolute Gasteiger partial charge is 0.494 e. The number of H-pyrrole nitrogens is 1. The summed E-state index contributed by atoms with van der Waals surface area (Å²) in [5, 5.41) is 24.8. The van der Waals surface area contributed by atoms with E-state index in [9.17, 15) is 4.39 Å². The zero-order valence-corrected chi connectivity index (χ0v) is 11.2. The molecule has 0 fully saturated rings. The Morgan fingerprint density at radius 1 is 1.43 bits per heavy atom. The molecule has 1 aromatic heterocycles. The highest BCUT2D eigenvalue weighted by Crippen LogP contribution is 2.34. The van der Waals surface area contributed by atoms with Gasteiger partial charge < -0.3 is 14.8 Å². The van der Waals surface area contributed by atoms with Crippen molar-refractivity contribution in [3.8, 4) is 17.6 Å². The molecule has 0 unspecified atom stereocenters. The fraction of sp³-hybridized carbons (Fsp3) is 0.167. The van der Waals surface area contributed by atoms with E-state index in [1.165, 1.54) is 26.5 Å². The highest BCUT2D eigenvalue weighted by molar-refractivity contribution is 5.75. The maximum Gasteiger partial charge on any atom is 0.216 e. The molecule has 0 radical (unpaired) electrons. The summed E-state index contributed by atoms with van der Waals surface area (Å²) in [6, 6.07) is 4.90. The summed E-state index contributed by atoms with van der Waals surface area (Å²) in [6.45, 7) is 0. The summed E-state index contributed by atoms with van der Waals surface area (Å²) in [5.41, 5.74) is 0.453. The van der Waals surface area contributed by atoms with E-state index < -0.39 is 5.82 Å². The minimum atomic E-state index is -0.642. The van der Waals surface area contributed by atoms with Gasteiger partial charge in [0.1, 0.15) is 11.6 Å². The van der Waals surface area contributed by atoms with Gasteiger partial charge in [0.15, 0.2) is 11.5 Å². The standard InChI is InChI=1S/C12H11FN6O2/c1-20-9-4-3-8(11(21-2)10(9)13)15-6-7(5-14)12-16-18-19-17-12/h3-4,6,15H,1-2H3,(H,16,17,18,19). The van der Waals surface area contributed by atoms with Gasteiger partial charge in [0, 0.05) is 6.20 Å². The zero-order chi connectivity index (χ0) is 15.2. The lowest BCUT2D eigenvalue weighted by molar-refractivity contribution is 0.352. The smallest absolute Gasteiger partial charge is 0.216 e. The number of anilines is 1. The van der Waals surface area contributed by atoms with E-state index in [4.69, 9.17) is 14.7 Å². The first-order valence-electron chi connectivity index (χ1n) is 5.72. The molecule has 2 aromatic rings. The van der Waals surface area contributed by atoms with Gasteiger partial charge in [-0.1, -0.05) is 0 Å². The van der Waals surface area contributed by atoms with Gasteiger partial charge in [-0.3, -0.25) is 0 Å². The quantitative estimate of drug-likeness (QED) is 0.799. The summed E-state index contributed by atoms with van der Waals surface area (Å²) in [4.78, 5) is 0. The van der Waals surface area contributed by atoms with Crippen molar-refractivity contribution in [2.24, 2.45) is 0 Å². The van der Waals surface area contributed by atoms with Gasteiger partial charge in [-0.25, -0.2) is 0 Å². The number of rotatable bonds is 5. The molecule has 0 saturated carbocycles. The summed E-state index contributed by atoms with van der Waals surface area (Å²) in [5.74, 6) is -0.495. The Morgan fingerprint density at radius 2 is 2.24 bits per heavy atom. The summed E-state index contributed by atoms with van der Waals surface area (Å²) in [7, 11) is 2.69. The molecule has 0 aliphatic carbocycles. The number of benzene rings is 1. The summed E-state index contributed by atoms with van der Waals surface area (Å²) >= 11 is 0. The van der Waals surface area contributed by atoms with Crippen LogP contribution >= 0.6 is 0 Å². The minimum absolute atomic E-state index is 0.0315. The van der Waals surface area contributed by atoms with Gasteiger partial charge in [0.25, 0.3) is 0 Å². The molecule has 2 rings (SSSR count). The summed E-state index contributed by atoms with van der Waals surface area (Å²) < 4.78 is 23.9. The Hall–Kier alpha value is -3.15. The Kier molecular flexibility index (Phi) is 4.30. The first kappa shape index (κ1) is 14.3. The van der Waals surface area contributed by atoms with Crippen LogP contribution in [0.3, 0.4) is 0 Å². The highest BCUT2D eigenvalue weighted by atomic mass is 19.1. The molecule has 0 aliphatic heterocycles. The van der Waals surface area contributed by atoms with Gasteiger partial charge in [-0.2, -0.15) is 14.9 Å². The Labute approximate surface area is 119 Å². The third-order valence-electron chi connectivity index (χ3n) is 2.56. The molecule has 0 saturated heterocycles. The van der Waals surface area contributed by atoms with Crippen molar-refractivity contribution >= 4 is 11.3 Å². The Balaban J connectivity index is 2.32. The van der Waals surface area contributed by atoms with E-state index in [2.05, 4.69) is 25.9 Å². The van der Waals surface area contributed by atoms with Gasteiger partial charge in [0.05, 0.1) is 19.9 Å². The molecule has 108 valence electrons. The Bertz CT molecular complexity index is 693. The topological polar surface area (TPSA) is 109 Å². The highest BCUT2D eigenvalue weighted by Gasteiger charge is 2.14. The number of methoxy groups -OCH3 is 2. The van der Waals surface area contributed by atoms with Crippen LogP contribution in [0.5, 0.6) is 11.5 Å². The fourth-order valence-electron chi connectivity index (χ4n) is 1.58. The number of nitrogens with zero attached hydrogens (tertiary/aromatic N) is 4. The number of allylic oxidation sites excluding steroid dienone is 1. The van der Waals surface area contributed by atoms with Gasteiger partial charge in [0.2, 0.25) is 11.6 Å². The van der Waals surface area contributed by atoms with Crippen molar-refractivity contribution in [3.05, 3.63) is 30.0 Å². The van der Waals surface area contributed by atoms with E-state index >= 15 is 0 Å². The van der Waals surface area contributed by atoms with Crippen molar-refractivity contribution in [3.63, 3.8) is 0 Å². The van der Waals surface area contributed by atoms with E-state index in [0.29, 0.717) is 5.69 Å². The van der Waals surface area contributed by atoms with Crippen LogP contribution in [-0.4, -0.2) is 34.8 Å². The van der Waals surface area contributed by atoms with Crippen LogP contribution in [0.1, 0.15) is 5.82 Å². The molecular weight excluding hydrogens is 279 g/mol. The van der Waals surface area contributed by atoms with Crippen molar-refractivity contribution in [1.29, 1.82) is 5.26 Å². The van der Waals surface area contributed by atoms with Crippen LogP contribution in [-0.2, 0) is 0 Å². The van der Waals surface area contributed by atoms with Crippen molar-refractivity contribution < 1.29 is 13.9 Å². The molecule has 2 N–H and O–H groups in total. The molecule has 1 heterocycles. The van der Waals surface area contributed by atoms with Crippen LogP contribution in [0.4, 0.5) is 10.1 Å². The van der Waals surface area contributed by atoms with E-state index in [-0.39, 0.29) is 22.9 Å². The van der Waals surface area contributed by atoms with Gasteiger partial charge >= 0.3 is 0 Å². The molecular formula is C12H11FN6O2. The predicted octanol–water partition coefficient (Wildman–Crippen LogP) is 1.33. The molecule has 0 spiro atoms. The summed E-state index contributed by atoms with van der Waals surface area (Å²) in [6.07, 6.45) is 1.33. The maximum absolute atomic E-state index is 14.0. The minimum Gasteiger partial charge on any atom is -0.494 e. The molecule has 0 aliphatic rings. The van der Waals surface area contributed by atoms with E-state index in [0.717, 1.165) is 0 Å². The molecule has 0 amide bonds. The van der Waals surface area contributed by atoms with Crippen molar-refractivity contribution in [2.75, 3.05) is 19.5 Å². The number of ether oxygens (including phenoxy) is 2. The third-order valence-corrected chi connectivity index (χ3v) is 2.56. The predicted molar refractivity (Wildman–Crippen MR) is 70.9 cm³/mol. The number of aromatic nitrogens is 4. The number of hydrogen-bond donors (Lipinski definition) is 2. The van der Waals surface area contributed by atoms with Crippen LogP contribution < -0.4 is 14.8 Å². The third kappa shape index (κ3) is 2.89. The molecule has 0 atom stereocenters. The average Bonchev–Trinajstić information content (AvgIpc) is 3.02. The average molecular weight is 290 g/mol. The first-order chi connectivity index (χ1) is 10.2.